The van der Waals surface area contributed by atoms with E-state index in [1.54, 1.807) is 24.6 Å². The molecule has 0 unspecified atom stereocenters. The van der Waals surface area contributed by atoms with E-state index in [0.29, 0.717) is 23.6 Å². The first-order valence-corrected chi connectivity index (χ1v) is 6.26. The van der Waals surface area contributed by atoms with Crippen molar-refractivity contribution in [2.24, 2.45) is 0 Å². The fraction of sp³-hybridized carbons (Fsp3) is 0.385. The molecule has 2 aromatic rings. The summed E-state index contributed by atoms with van der Waals surface area (Å²) in [7, 11) is 0. The number of carboxylic acid groups (broad SMARTS) is 1. The summed E-state index contributed by atoms with van der Waals surface area (Å²) in [5.41, 5.74) is 0.454. The van der Waals surface area contributed by atoms with Crippen LogP contribution in [-0.2, 0) is 13.1 Å². The van der Waals surface area contributed by atoms with Gasteiger partial charge in [0.2, 0.25) is 0 Å². The molecule has 2 aromatic heterocycles. The average Bonchev–Trinajstić information content (AvgIpc) is 2.80. The molecule has 0 spiro atoms. The van der Waals surface area contributed by atoms with E-state index in [4.69, 9.17) is 5.11 Å². The predicted molar refractivity (Wildman–Crippen MR) is 71.9 cm³/mol. The second kappa shape index (κ2) is 5.28. The molecule has 0 radical (unpaired) electrons. The third-order valence-electron chi connectivity index (χ3n) is 3.21. The lowest BCUT2D eigenvalue weighted by Gasteiger charge is -2.12. The molecule has 7 heteroatoms. The Hall–Kier alpha value is -2.44. The van der Waals surface area contributed by atoms with Crippen LogP contribution in [0.4, 0.5) is 0 Å². The van der Waals surface area contributed by atoms with E-state index >= 15 is 0 Å². The highest BCUT2D eigenvalue weighted by atomic mass is 16.4. The standard InChI is InChI=1S/C13H16N4O3/c1-4-17-10(14-7-15-17)6-16-9(3)5-8(2)11(12(16)18)13(19)20/h5,7H,4,6H2,1-3H3,(H,19,20). The highest BCUT2D eigenvalue weighted by Gasteiger charge is 2.17. The summed E-state index contributed by atoms with van der Waals surface area (Å²) in [5, 5.41) is 13.2. The molecule has 0 aliphatic heterocycles. The van der Waals surface area contributed by atoms with Crippen molar-refractivity contribution in [1.29, 1.82) is 0 Å². The molecule has 1 N–H and O–H groups in total. The number of carboxylic acids is 1. The Morgan fingerprint density at radius 3 is 2.70 bits per heavy atom. The first-order valence-electron chi connectivity index (χ1n) is 6.26. The summed E-state index contributed by atoms with van der Waals surface area (Å²) in [4.78, 5) is 27.6. The van der Waals surface area contributed by atoms with Gasteiger partial charge in [0.25, 0.3) is 5.56 Å². The zero-order chi connectivity index (χ0) is 14.9. The number of carbonyl (C=O) groups is 1. The van der Waals surface area contributed by atoms with Crippen molar-refractivity contribution >= 4 is 5.97 Å². The minimum Gasteiger partial charge on any atom is -0.477 e. The second-order valence-corrected chi connectivity index (χ2v) is 4.53. The number of aryl methyl sites for hydroxylation is 3. The van der Waals surface area contributed by atoms with Gasteiger partial charge in [-0.3, -0.25) is 4.79 Å². The Bertz CT molecular complexity index is 715. The normalized spacial score (nSPS) is 10.8. The van der Waals surface area contributed by atoms with Gasteiger partial charge in [-0.2, -0.15) is 5.10 Å². The van der Waals surface area contributed by atoms with E-state index in [-0.39, 0.29) is 12.1 Å². The number of hydrogen-bond acceptors (Lipinski definition) is 4. The van der Waals surface area contributed by atoms with Crippen molar-refractivity contribution < 1.29 is 9.90 Å². The van der Waals surface area contributed by atoms with Crippen LogP contribution in [0.15, 0.2) is 17.2 Å². The van der Waals surface area contributed by atoms with E-state index in [1.165, 1.54) is 10.9 Å². The molecule has 20 heavy (non-hydrogen) atoms. The van der Waals surface area contributed by atoms with Gasteiger partial charge >= 0.3 is 5.97 Å². The van der Waals surface area contributed by atoms with Crippen LogP contribution in [0.3, 0.4) is 0 Å². The number of aromatic nitrogens is 4. The summed E-state index contributed by atoms with van der Waals surface area (Å²) in [6.07, 6.45) is 1.42. The van der Waals surface area contributed by atoms with Crippen LogP contribution in [-0.4, -0.2) is 30.4 Å². The Kier molecular flexibility index (Phi) is 3.69. The summed E-state index contributed by atoms with van der Waals surface area (Å²) in [5.74, 6) is -0.587. The van der Waals surface area contributed by atoms with Gasteiger partial charge in [0.1, 0.15) is 17.7 Å². The molecule has 2 heterocycles. The molecule has 0 atom stereocenters. The molecule has 106 valence electrons. The summed E-state index contributed by atoms with van der Waals surface area (Å²) in [6.45, 7) is 6.16. The largest absolute Gasteiger partial charge is 0.477 e. The molecule has 0 aliphatic carbocycles. The van der Waals surface area contributed by atoms with Crippen LogP contribution < -0.4 is 5.56 Å². The average molecular weight is 276 g/mol. The topological polar surface area (TPSA) is 90.0 Å². The van der Waals surface area contributed by atoms with Gasteiger partial charge in [0, 0.05) is 12.2 Å². The van der Waals surface area contributed by atoms with Gasteiger partial charge in [0.05, 0.1) is 6.54 Å². The molecular weight excluding hydrogens is 260 g/mol. The third-order valence-corrected chi connectivity index (χ3v) is 3.21. The fourth-order valence-corrected chi connectivity index (χ4v) is 2.20. The number of hydrogen-bond donors (Lipinski definition) is 1. The third kappa shape index (κ3) is 2.34. The van der Waals surface area contributed by atoms with Gasteiger partial charge in [0.15, 0.2) is 0 Å². The van der Waals surface area contributed by atoms with Crippen LogP contribution in [0, 0.1) is 13.8 Å². The monoisotopic (exact) mass is 276 g/mol. The number of pyridine rings is 1. The lowest BCUT2D eigenvalue weighted by atomic mass is 10.1. The molecule has 0 fully saturated rings. The molecule has 7 nitrogen and oxygen atoms in total. The molecule has 0 aromatic carbocycles. The van der Waals surface area contributed by atoms with Gasteiger partial charge in [-0.05, 0) is 32.4 Å². The van der Waals surface area contributed by atoms with E-state index in [2.05, 4.69) is 10.1 Å². The summed E-state index contributed by atoms with van der Waals surface area (Å²) in [6, 6.07) is 1.69. The van der Waals surface area contributed by atoms with Crippen molar-refractivity contribution in [3.05, 3.63) is 45.4 Å². The van der Waals surface area contributed by atoms with E-state index in [0.717, 1.165) is 0 Å². The van der Waals surface area contributed by atoms with Crippen LogP contribution in [0.5, 0.6) is 0 Å². The second-order valence-electron chi connectivity index (χ2n) is 4.53. The number of aromatic carboxylic acids is 1. The maximum absolute atomic E-state index is 12.3. The van der Waals surface area contributed by atoms with Crippen molar-refractivity contribution in [3.63, 3.8) is 0 Å². The Balaban J connectivity index is 2.55. The molecule has 2 rings (SSSR count). The maximum Gasteiger partial charge on any atom is 0.341 e. The van der Waals surface area contributed by atoms with Gasteiger partial charge in [-0.1, -0.05) is 0 Å². The Labute approximate surface area is 115 Å². The van der Waals surface area contributed by atoms with E-state index in [9.17, 15) is 9.59 Å². The van der Waals surface area contributed by atoms with Crippen molar-refractivity contribution in [2.45, 2.75) is 33.9 Å². The lowest BCUT2D eigenvalue weighted by molar-refractivity contribution is 0.0693. The van der Waals surface area contributed by atoms with E-state index < -0.39 is 11.5 Å². The number of nitrogens with zero attached hydrogens (tertiary/aromatic N) is 4. The molecular formula is C13H16N4O3. The molecule has 0 aliphatic rings. The summed E-state index contributed by atoms with van der Waals surface area (Å²) < 4.78 is 3.08. The number of rotatable bonds is 4. The minimum atomic E-state index is -1.21. The molecule has 0 bridgehead atoms. The van der Waals surface area contributed by atoms with Crippen LogP contribution >= 0.6 is 0 Å². The minimum absolute atomic E-state index is 0.196. The fourth-order valence-electron chi connectivity index (χ4n) is 2.20. The highest BCUT2D eigenvalue weighted by Crippen LogP contribution is 2.08. The molecule has 0 saturated carbocycles. The zero-order valence-corrected chi connectivity index (χ0v) is 11.6. The van der Waals surface area contributed by atoms with Crippen LogP contribution in [0.2, 0.25) is 0 Å². The smallest absolute Gasteiger partial charge is 0.341 e. The first-order chi connectivity index (χ1) is 9.45. The van der Waals surface area contributed by atoms with Crippen LogP contribution in [0.25, 0.3) is 0 Å². The van der Waals surface area contributed by atoms with Gasteiger partial charge in [-0.15, -0.1) is 0 Å². The predicted octanol–water partition coefficient (Wildman–Crippen LogP) is 0.823. The van der Waals surface area contributed by atoms with Crippen LogP contribution in [0.1, 0.15) is 34.4 Å². The SMILES string of the molecule is CCn1ncnc1Cn1c(C)cc(C)c(C(=O)O)c1=O. The van der Waals surface area contributed by atoms with Gasteiger partial charge in [-0.25, -0.2) is 14.5 Å². The molecule has 0 saturated heterocycles. The summed E-state index contributed by atoms with van der Waals surface area (Å²) >= 11 is 0. The van der Waals surface area contributed by atoms with Crippen molar-refractivity contribution in [2.75, 3.05) is 0 Å². The maximum atomic E-state index is 12.3. The van der Waals surface area contributed by atoms with Gasteiger partial charge < -0.3 is 9.67 Å². The Morgan fingerprint density at radius 1 is 1.40 bits per heavy atom. The lowest BCUT2D eigenvalue weighted by Crippen LogP contribution is -2.30. The van der Waals surface area contributed by atoms with E-state index in [1.807, 2.05) is 6.92 Å². The van der Waals surface area contributed by atoms with Crippen molar-refractivity contribution in [3.8, 4) is 0 Å². The first kappa shape index (κ1) is 14.0. The highest BCUT2D eigenvalue weighted by molar-refractivity contribution is 5.88. The van der Waals surface area contributed by atoms with Crippen molar-refractivity contribution in [1.82, 2.24) is 19.3 Å². The molecule has 0 amide bonds. The quantitative estimate of drug-likeness (QED) is 0.893. The Morgan fingerprint density at radius 2 is 2.10 bits per heavy atom. The zero-order valence-electron chi connectivity index (χ0n) is 11.6.